The first kappa shape index (κ1) is 34.6. The Labute approximate surface area is 313 Å². The van der Waals surface area contributed by atoms with Crippen LogP contribution in [-0.2, 0) is 16.0 Å². The fraction of sp³-hybridized carbons (Fsp3) is 0.651. The van der Waals surface area contributed by atoms with Crippen LogP contribution in [0.15, 0.2) is 58.8 Å². The number of benzene rings is 2. The lowest BCUT2D eigenvalue weighted by Crippen LogP contribution is -3.00. The average molecular weight is 793 g/mol. The van der Waals surface area contributed by atoms with Gasteiger partial charge in [0.1, 0.15) is 12.6 Å². The van der Waals surface area contributed by atoms with E-state index in [2.05, 4.69) is 115 Å². The van der Waals surface area contributed by atoms with E-state index in [0.717, 1.165) is 37.3 Å². The number of rotatable bonds is 3. The first-order chi connectivity index (χ1) is 23.0. The minimum atomic E-state index is -0.313. The van der Waals surface area contributed by atoms with Gasteiger partial charge < -0.3 is 26.5 Å². The zero-order valence-corrected chi connectivity index (χ0v) is 33.7. The minimum absolute atomic E-state index is 0. The van der Waals surface area contributed by atoms with Crippen molar-refractivity contribution in [2.45, 2.75) is 124 Å². The number of ether oxygens (including phenoxy) is 2. The quantitative estimate of drug-likeness (QED) is 0.206. The van der Waals surface area contributed by atoms with Crippen molar-refractivity contribution in [2.75, 3.05) is 6.61 Å². The van der Waals surface area contributed by atoms with Crippen molar-refractivity contribution in [3.8, 4) is 0 Å². The number of aryl methyl sites for hydroxylation is 2. The molecular weight excluding hydrogens is 736 g/mol. The Kier molecular flexibility index (Phi) is 8.69. The second-order valence-electron chi connectivity index (χ2n) is 17.8. The van der Waals surface area contributed by atoms with Crippen molar-refractivity contribution >= 4 is 27.0 Å². The molecule has 3 aromatic rings. The molecule has 0 N–H and O–H groups in total. The number of hydrogen-bond acceptors (Lipinski definition) is 2. The summed E-state index contributed by atoms with van der Waals surface area (Å²) in [4.78, 5) is 0. The Morgan fingerprint density at radius 2 is 1.78 bits per heavy atom. The Hall–Kier alpha value is -1.47. The van der Waals surface area contributed by atoms with Crippen molar-refractivity contribution in [3.63, 3.8) is 0 Å². The van der Waals surface area contributed by atoms with Crippen molar-refractivity contribution in [2.24, 2.45) is 46.3 Å². The molecule has 3 heterocycles. The van der Waals surface area contributed by atoms with Crippen LogP contribution in [0, 0.1) is 60.2 Å². The molecule has 1 spiro atoms. The lowest BCUT2D eigenvalue weighted by molar-refractivity contribution is -0.663. The molecule has 6 aliphatic rings. The third-order valence-corrected chi connectivity index (χ3v) is 16.3. The Balaban J connectivity index is 0.00000348. The molecule has 0 amide bonds. The van der Waals surface area contributed by atoms with Crippen molar-refractivity contribution < 1.29 is 31.0 Å². The number of hydrogen-bond donors (Lipinski definition) is 0. The van der Waals surface area contributed by atoms with Crippen LogP contribution in [-0.4, -0.2) is 23.1 Å². The third-order valence-electron chi connectivity index (χ3n) is 15.5. The van der Waals surface area contributed by atoms with Gasteiger partial charge >= 0.3 is 0 Å². The molecule has 0 radical (unpaired) electrons. The molecule has 2 aliphatic heterocycles. The largest absolute Gasteiger partial charge is 1.00 e. The predicted molar refractivity (Wildman–Crippen MR) is 196 cm³/mol. The van der Waals surface area contributed by atoms with Gasteiger partial charge in [-0.15, -0.1) is 0 Å². The molecule has 0 unspecified atom stereocenters. The smallest absolute Gasteiger partial charge is 0.245 e. The highest BCUT2D eigenvalue weighted by Crippen LogP contribution is 2.71. The van der Waals surface area contributed by atoms with Gasteiger partial charge in [-0.1, -0.05) is 73.5 Å². The average Bonchev–Trinajstić information content (AvgIpc) is 3.66. The van der Waals surface area contributed by atoms with E-state index in [-0.39, 0.29) is 22.8 Å². The number of imidazole rings is 1. The normalized spacial score (nSPS) is 41.1. The molecule has 4 nitrogen and oxygen atoms in total. The van der Waals surface area contributed by atoms with E-state index in [9.17, 15) is 0 Å². The second kappa shape index (κ2) is 12.3. The second-order valence-corrected chi connectivity index (χ2v) is 18.7. The van der Waals surface area contributed by atoms with Gasteiger partial charge in [-0.3, -0.25) is 0 Å². The molecule has 1 aromatic heterocycles. The van der Waals surface area contributed by atoms with Gasteiger partial charge in [0.15, 0.2) is 16.8 Å². The number of halogens is 2. The maximum Gasteiger partial charge on any atom is 0.245 e. The summed E-state index contributed by atoms with van der Waals surface area (Å²) in [5, 5.41) is 0. The maximum absolute atomic E-state index is 7.06. The number of fused-ring (bicyclic) bond motifs is 8. The molecule has 0 bridgehead atoms. The highest BCUT2D eigenvalue weighted by Gasteiger charge is 2.68. The third kappa shape index (κ3) is 5.17. The summed E-state index contributed by atoms with van der Waals surface area (Å²) < 4.78 is 20.0. The lowest BCUT2D eigenvalue weighted by atomic mass is 9.46. The topological polar surface area (TPSA) is 27.3 Å². The molecule has 49 heavy (non-hydrogen) atoms. The van der Waals surface area contributed by atoms with E-state index < -0.39 is 0 Å². The van der Waals surface area contributed by atoms with Gasteiger partial charge in [0.2, 0.25) is 6.33 Å². The van der Waals surface area contributed by atoms with Crippen LogP contribution in [0.1, 0.15) is 108 Å². The summed E-state index contributed by atoms with van der Waals surface area (Å²) in [5.41, 5.74) is 9.29. The number of nitrogens with zero attached hydrogens (tertiary/aromatic N) is 2. The van der Waals surface area contributed by atoms with Gasteiger partial charge in [0.25, 0.3) is 0 Å². The van der Waals surface area contributed by atoms with E-state index in [1.165, 1.54) is 83.6 Å². The van der Waals surface area contributed by atoms with Crippen LogP contribution in [0.3, 0.4) is 0 Å². The van der Waals surface area contributed by atoms with Crippen LogP contribution in [0.5, 0.6) is 0 Å². The van der Waals surface area contributed by atoms with Crippen LogP contribution in [0.25, 0.3) is 11.0 Å². The molecule has 2 aromatic carbocycles. The summed E-state index contributed by atoms with van der Waals surface area (Å²) in [5.74, 6) is 3.86. The monoisotopic (exact) mass is 790 g/mol. The molecule has 264 valence electrons. The fourth-order valence-electron chi connectivity index (χ4n) is 12.6. The highest BCUT2D eigenvalue weighted by molar-refractivity contribution is 9.10. The molecule has 4 aliphatic carbocycles. The van der Waals surface area contributed by atoms with E-state index in [4.69, 9.17) is 9.47 Å². The molecule has 6 heteroatoms. The van der Waals surface area contributed by atoms with E-state index in [1.54, 1.807) is 5.57 Å². The van der Waals surface area contributed by atoms with Crippen molar-refractivity contribution in [1.29, 1.82) is 0 Å². The summed E-state index contributed by atoms with van der Waals surface area (Å²) >= 11 is 3.81. The maximum atomic E-state index is 7.06. The highest BCUT2D eigenvalue weighted by atomic mass is 79.9. The summed E-state index contributed by atoms with van der Waals surface area (Å²) in [6.45, 7) is 16.4. The summed E-state index contributed by atoms with van der Waals surface area (Å²) in [7, 11) is 0. The van der Waals surface area contributed by atoms with Crippen molar-refractivity contribution in [3.05, 3.63) is 75.5 Å². The van der Waals surface area contributed by atoms with E-state index >= 15 is 0 Å². The molecule has 2 saturated heterocycles. The molecule has 5 fully saturated rings. The molecular formula is C43H56Br2N2O2. The zero-order valence-electron chi connectivity index (χ0n) is 30.5. The zero-order chi connectivity index (χ0) is 33.2. The lowest BCUT2D eigenvalue weighted by Gasteiger charge is -2.58. The number of allylic oxidation sites excluding steroid dienone is 2. The molecule has 11 atom stereocenters. The Morgan fingerprint density at radius 3 is 2.55 bits per heavy atom. The standard InChI is InChI=1S/C43H56BrN2O2.BrH/c1-26-13-18-43(47-24-26)29(4)40-39(48-43)22-35-33-12-11-31-21-32(14-16-41(31,5)34(33)15-17-42(35,40)6)46-25-45(23-30-9-7-8-10-36(30)44)37-19-27(2)28(3)20-38(37)46;/h7-11,19-20,25-26,29,32-35,39-40H,12-18,21-24H2,1-6H3;1H/q+1;/p-1/t26-,29+,32-,33-,34+,35+,39+,40+,41+,42+,43-;/m1./s1. The van der Waals surface area contributed by atoms with Crippen LogP contribution < -0.4 is 21.5 Å². The molecule has 3 saturated carbocycles. The van der Waals surface area contributed by atoms with Gasteiger partial charge in [0, 0.05) is 28.8 Å². The molecule has 9 rings (SSSR count). The van der Waals surface area contributed by atoms with Crippen LogP contribution in [0.4, 0.5) is 0 Å². The van der Waals surface area contributed by atoms with E-state index in [0.29, 0.717) is 40.7 Å². The first-order valence-corrected chi connectivity index (χ1v) is 20.1. The summed E-state index contributed by atoms with van der Waals surface area (Å²) in [6, 6.07) is 14.0. The van der Waals surface area contributed by atoms with Crippen LogP contribution >= 0.6 is 15.9 Å². The number of aromatic nitrogens is 2. The predicted octanol–water partition coefficient (Wildman–Crippen LogP) is 7.27. The fourth-order valence-corrected chi connectivity index (χ4v) is 13.0. The summed E-state index contributed by atoms with van der Waals surface area (Å²) in [6.07, 6.45) is 16.9. The van der Waals surface area contributed by atoms with Gasteiger partial charge in [-0.2, -0.15) is 0 Å². The van der Waals surface area contributed by atoms with Crippen molar-refractivity contribution in [1.82, 2.24) is 4.57 Å². The SMILES string of the molecule is Cc1cc2c(cc1C)[n+](Cc1ccccc1Br)cn2[C@@H]1CC[C@@]2(C)C(=CC[C@H]3[C@@H]4C[C@@H]5O[C@]6(CC[C@@H](C)CO6)[C@@H](C)[C@@H]5[C@@]4(C)CC[C@@H]32)C1.[Br-]. The Bertz CT molecular complexity index is 1790. The first-order valence-electron chi connectivity index (χ1n) is 19.3. The van der Waals surface area contributed by atoms with E-state index in [1.807, 2.05) is 0 Å². The van der Waals surface area contributed by atoms with Gasteiger partial charge in [-0.05, 0) is 129 Å². The van der Waals surface area contributed by atoms with Crippen LogP contribution in [0.2, 0.25) is 0 Å². The van der Waals surface area contributed by atoms with Gasteiger partial charge in [-0.25, -0.2) is 9.13 Å². The minimum Gasteiger partial charge on any atom is -1.00 e. The Morgan fingerprint density at radius 1 is 0.980 bits per heavy atom. The van der Waals surface area contributed by atoms with Gasteiger partial charge in [0.05, 0.1) is 12.7 Å².